The number of benzene rings is 2. The number of para-hydroxylation sites is 1. The summed E-state index contributed by atoms with van der Waals surface area (Å²) in [7, 11) is 0. The minimum atomic E-state index is -0.0481. The highest BCUT2D eigenvalue weighted by molar-refractivity contribution is 5.97. The fraction of sp³-hybridized carbons (Fsp3) is 0.235. The minimum Gasteiger partial charge on any atom is -0.325 e. The van der Waals surface area contributed by atoms with Crippen LogP contribution in [0.1, 0.15) is 29.0 Å². The molecule has 2 heteroatoms. The van der Waals surface area contributed by atoms with Gasteiger partial charge in [-0.2, -0.15) is 0 Å². The molecule has 96 valence electrons. The molecule has 0 unspecified atom stereocenters. The van der Waals surface area contributed by atoms with Gasteiger partial charge < -0.3 is 5.32 Å². The van der Waals surface area contributed by atoms with Crippen molar-refractivity contribution in [3.63, 3.8) is 0 Å². The van der Waals surface area contributed by atoms with Gasteiger partial charge in [-0.15, -0.1) is 0 Å². The van der Waals surface area contributed by atoms with Crippen LogP contribution in [-0.4, -0.2) is 5.91 Å². The van der Waals surface area contributed by atoms with Gasteiger partial charge in [0.25, 0.3) is 0 Å². The monoisotopic (exact) mass is 251 g/mol. The summed E-state index contributed by atoms with van der Waals surface area (Å²) in [4.78, 5) is 12.4. The van der Waals surface area contributed by atoms with E-state index in [-0.39, 0.29) is 11.8 Å². The summed E-state index contributed by atoms with van der Waals surface area (Å²) < 4.78 is 0. The normalized spacial score (nSPS) is 18.4. The maximum absolute atomic E-state index is 12.4. The summed E-state index contributed by atoms with van der Waals surface area (Å²) in [6.07, 6.45) is 1.80. The van der Waals surface area contributed by atoms with E-state index in [0.29, 0.717) is 0 Å². The lowest BCUT2D eigenvalue weighted by atomic mass is 9.92. The van der Waals surface area contributed by atoms with Crippen LogP contribution < -0.4 is 5.32 Å². The molecule has 0 aliphatic carbocycles. The number of amides is 1. The van der Waals surface area contributed by atoms with Gasteiger partial charge in [0, 0.05) is 5.69 Å². The number of carbonyl (C=O) groups is 1. The predicted octanol–water partition coefficient (Wildman–Crippen LogP) is 3.66. The van der Waals surface area contributed by atoms with E-state index in [0.717, 1.165) is 24.1 Å². The summed E-state index contributed by atoms with van der Waals surface area (Å²) in [5.41, 5.74) is 4.52. The van der Waals surface area contributed by atoms with Gasteiger partial charge in [-0.25, -0.2) is 0 Å². The Morgan fingerprint density at radius 2 is 1.79 bits per heavy atom. The molecule has 0 aromatic heterocycles. The highest BCUT2D eigenvalue weighted by atomic mass is 16.1. The molecule has 0 bridgehead atoms. The topological polar surface area (TPSA) is 29.1 Å². The summed E-state index contributed by atoms with van der Waals surface area (Å²) in [6, 6.07) is 16.3. The Morgan fingerprint density at radius 1 is 1.05 bits per heavy atom. The van der Waals surface area contributed by atoms with Crippen LogP contribution in [0, 0.1) is 6.92 Å². The van der Waals surface area contributed by atoms with E-state index >= 15 is 0 Å². The SMILES string of the molecule is Cc1ccc([C@@H]2CCc3ccccc3NC2=O)cc1. The van der Waals surface area contributed by atoms with Crippen LogP contribution in [0.15, 0.2) is 48.5 Å². The Morgan fingerprint density at radius 3 is 2.58 bits per heavy atom. The molecule has 1 atom stereocenters. The van der Waals surface area contributed by atoms with E-state index < -0.39 is 0 Å². The lowest BCUT2D eigenvalue weighted by Crippen LogP contribution is -2.19. The van der Waals surface area contributed by atoms with E-state index in [4.69, 9.17) is 0 Å². The molecule has 1 heterocycles. The van der Waals surface area contributed by atoms with Crippen molar-refractivity contribution in [2.45, 2.75) is 25.7 Å². The number of hydrogen-bond donors (Lipinski definition) is 1. The number of hydrogen-bond acceptors (Lipinski definition) is 1. The molecule has 0 radical (unpaired) electrons. The van der Waals surface area contributed by atoms with E-state index in [2.05, 4.69) is 42.6 Å². The first-order chi connectivity index (χ1) is 9.24. The van der Waals surface area contributed by atoms with Gasteiger partial charge in [0.05, 0.1) is 5.92 Å². The molecule has 0 spiro atoms. The molecule has 0 fully saturated rings. The Kier molecular flexibility index (Phi) is 3.08. The molecule has 1 aliphatic heterocycles. The van der Waals surface area contributed by atoms with Gasteiger partial charge >= 0.3 is 0 Å². The first-order valence-electron chi connectivity index (χ1n) is 6.69. The van der Waals surface area contributed by atoms with Crippen LogP contribution >= 0.6 is 0 Å². The Hall–Kier alpha value is -2.09. The van der Waals surface area contributed by atoms with Crippen molar-refractivity contribution in [3.05, 3.63) is 65.2 Å². The number of fused-ring (bicyclic) bond motifs is 1. The molecule has 1 aliphatic rings. The molecule has 0 saturated heterocycles. The zero-order valence-corrected chi connectivity index (χ0v) is 11.0. The molecule has 2 aromatic rings. The van der Waals surface area contributed by atoms with Crippen molar-refractivity contribution in [1.82, 2.24) is 0 Å². The van der Waals surface area contributed by atoms with Gasteiger partial charge in [0.1, 0.15) is 0 Å². The molecule has 1 amide bonds. The van der Waals surface area contributed by atoms with Gasteiger partial charge in [0.2, 0.25) is 5.91 Å². The third-order valence-electron chi connectivity index (χ3n) is 3.77. The average molecular weight is 251 g/mol. The van der Waals surface area contributed by atoms with E-state index in [1.807, 2.05) is 18.2 Å². The van der Waals surface area contributed by atoms with Gasteiger partial charge in [-0.1, -0.05) is 48.0 Å². The maximum Gasteiger partial charge on any atom is 0.231 e. The van der Waals surface area contributed by atoms with Crippen LogP contribution in [-0.2, 0) is 11.2 Å². The summed E-state index contributed by atoms with van der Waals surface area (Å²) in [5.74, 6) is 0.0572. The van der Waals surface area contributed by atoms with Crippen molar-refractivity contribution in [2.75, 3.05) is 5.32 Å². The summed E-state index contributed by atoms with van der Waals surface area (Å²) in [6.45, 7) is 2.06. The molecule has 1 N–H and O–H groups in total. The maximum atomic E-state index is 12.4. The predicted molar refractivity (Wildman–Crippen MR) is 77.3 cm³/mol. The fourth-order valence-corrected chi connectivity index (χ4v) is 2.63. The number of rotatable bonds is 1. The number of anilines is 1. The highest BCUT2D eigenvalue weighted by Crippen LogP contribution is 2.30. The second-order valence-electron chi connectivity index (χ2n) is 5.15. The zero-order chi connectivity index (χ0) is 13.2. The van der Waals surface area contributed by atoms with Crippen molar-refractivity contribution in [1.29, 1.82) is 0 Å². The lowest BCUT2D eigenvalue weighted by Gasteiger charge is -2.13. The van der Waals surface area contributed by atoms with E-state index in [9.17, 15) is 4.79 Å². The standard InChI is InChI=1S/C17H17NO/c1-12-6-8-13(9-7-12)15-11-10-14-4-2-3-5-16(14)18-17(15)19/h2-9,15H,10-11H2,1H3,(H,18,19)/t15-/m0/s1. The fourth-order valence-electron chi connectivity index (χ4n) is 2.63. The summed E-state index contributed by atoms with van der Waals surface area (Å²) in [5, 5.41) is 3.05. The second-order valence-corrected chi connectivity index (χ2v) is 5.15. The first kappa shape index (κ1) is 12.0. The quantitative estimate of drug-likeness (QED) is 0.823. The van der Waals surface area contributed by atoms with Crippen molar-refractivity contribution >= 4 is 11.6 Å². The van der Waals surface area contributed by atoms with Crippen LogP contribution in [0.4, 0.5) is 5.69 Å². The summed E-state index contributed by atoms with van der Waals surface area (Å²) >= 11 is 0. The third kappa shape index (κ3) is 2.39. The van der Waals surface area contributed by atoms with Crippen molar-refractivity contribution in [2.24, 2.45) is 0 Å². The van der Waals surface area contributed by atoms with Gasteiger partial charge in [-0.05, 0) is 37.0 Å². The smallest absolute Gasteiger partial charge is 0.231 e. The largest absolute Gasteiger partial charge is 0.325 e. The van der Waals surface area contributed by atoms with Crippen LogP contribution in [0.25, 0.3) is 0 Å². The minimum absolute atomic E-state index is 0.0481. The first-order valence-corrected chi connectivity index (χ1v) is 6.69. The molecular weight excluding hydrogens is 234 g/mol. The lowest BCUT2D eigenvalue weighted by molar-refractivity contribution is -0.117. The molecule has 2 nitrogen and oxygen atoms in total. The number of carbonyl (C=O) groups excluding carboxylic acids is 1. The molecular formula is C17H17NO. The Labute approximate surface area is 113 Å². The van der Waals surface area contributed by atoms with E-state index in [1.165, 1.54) is 11.1 Å². The van der Waals surface area contributed by atoms with Crippen LogP contribution in [0.5, 0.6) is 0 Å². The zero-order valence-electron chi connectivity index (χ0n) is 11.0. The second kappa shape index (κ2) is 4.88. The molecule has 2 aromatic carbocycles. The number of aryl methyl sites for hydroxylation is 2. The van der Waals surface area contributed by atoms with Crippen LogP contribution in [0.2, 0.25) is 0 Å². The van der Waals surface area contributed by atoms with Gasteiger partial charge in [0.15, 0.2) is 0 Å². The highest BCUT2D eigenvalue weighted by Gasteiger charge is 2.24. The van der Waals surface area contributed by atoms with E-state index in [1.54, 1.807) is 0 Å². The third-order valence-corrected chi connectivity index (χ3v) is 3.77. The molecule has 19 heavy (non-hydrogen) atoms. The van der Waals surface area contributed by atoms with Crippen molar-refractivity contribution in [3.8, 4) is 0 Å². The average Bonchev–Trinajstić information content (AvgIpc) is 2.58. The Balaban J connectivity index is 1.90. The molecule has 0 saturated carbocycles. The van der Waals surface area contributed by atoms with Crippen LogP contribution in [0.3, 0.4) is 0 Å². The Bertz CT molecular complexity index is 601. The van der Waals surface area contributed by atoms with Gasteiger partial charge in [-0.3, -0.25) is 4.79 Å². The number of nitrogens with one attached hydrogen (secondary N) is 1. The van der Waals surface area contributed by atoms with Crippen molar-refractivity contribution < 1.29 is 4.79 Å². The molecule has 3 rings (SSSR count).